The van der Waals surface area contributed by atoms with Gasteiger partial charge in [-0.2, -0.15) is 12.6 Å². The molecule has 1 aliphatic rings. The summed E-state index contributed by atoms with van der Waals surface area (Å²) in [5.74, 6) is 1.51. The summed E-state index contributed by atoms with van der Waals surface area (Å²) in [6, 6.07) is 11.7. The van der Waals surface area contributed by atoms with Crippen LogP contribution >= 0.6 is 12.6 Å². The molecule has 2 atom stereocenters. The highest BCUT2D eigenvalue weighted by molar-refractivity contribution is 7.80. The minimum absolute atomic E-state index is 0.566. The fraction of sp³-hybridized carbons (Fsp3) is 0.647. The lowest BCUT2D eigenvalue weighted by Gasteiger charge is -2.32. The molecule has 1 nitrogen and oxygen atoms in total. The number of hydrogen-bond acceptors (Lipinski definition) is 2. The van der Waals surface area contributed by atoms with Gasteiger partial charge in [0.2, 0.25) is 0 Å². The van der Waals surface area contributed by atoms with Crippen LogP contribution in [-0.2, 0) is 0 Å². The van der Waals surface area contributed by atoms with Gasteiger partial charge in [0.05, 0.1) is 0 Å². The third-order valence-corrected chi connectivity index (χ3v) is 4.86. The maximum atomic E-state index is 4.59. The van der Waals surface area contributed by atoms with Crippen molar-refractivity contribution in [1.29, 1.82) is 0 Å². The molecular formula is C17H27NS. The van der Waals surface area contributed by atoms with Gasteiger partial charge in [-0.3, -0.25) is 4.90 Å². The van der Waals surface area contributed by atoms with Crippen LogP contribution in [0.1, 0.15) is 50.5 Å². The number of hydrogen-bond donors (Lipinski definition) is 1. The minimum atomic E-state index is 0.566. The monoisotopic (exact) mass is 277 g/mol. The summed E-state index contributed by atoms with van der Waals surface area (Å²) in [6.07, 6.45) is 6.85. The largest absolute Gasteiger partial charge is 0.300 e. The molecule has 0 aliphatic carbocycles. The molecule has 2 unspecified atom stereocenters. The highest BCUT2D eigenvalue weighted by atomic mass is 32.1. The van der Waals surface area contributed by atoms with E-state index in [9.17, 15) is 0 Å². The van der Waals surface area contributed by atoms with Crippen LogP contribution in [-0.4, -0.2) is 29.8 Å². The average molecular weight is 277 g/mol. The van der Waals surface area contributed by atoms with E-state index in [-0.39, 0.29) is 0 Å². The lowest BCUT2D eigenvalue weighted by Crippen LogP contribution is -2.38. The van der Waals surface area contributed by atoms with Gasteiger partial charge < -0.3 is 0 Å². The van der Waals surface area contributed by atoms with E-state index in [0.29, 0.717) is 5.92 Å². The number of likely N-dealkylation sites (tertiary alicyclic amines) is 1. The summed E-state index contributed by atoms with van der Waals surface area (Å²) < 4.78 is 0. The number of rotatable bonds is 5. The molecule has 1 aliphatic heterocycles. The quantitative estimate of drug-likeness (QED) is 0.783. The van der Waals surface area contributed by atoms with Crippen molar-refractivity contribution in [3.8, 4) is 0 Å². The molecule has 0 bridgehead atoms. The Bertz CT molecular complexity index is 352. The molecule has 0 N–H and O–H groups in total. The summed E-state index contributed by atoms with van der Waals surface area (Å²) in [5, 5.41) is 0. The van der Waals surface area contributed by atoms with Crippen molar-refractivity contribution in [3.63, 3.8) is 0 Å². The van der Waals surface area contributed by atoms with Crippen LogP contribution in [0.3, 0.4) is 0 Å². The summed E-state index contributed by atoms with van der Waals surface area (Å²) in [6.45, 7) is 4.78. The van der Waals surface area contributed by atoms with Crippen molar-refractivity contribution in [2.45, 2.75) is 51.0 Å². The first kappa shape index (κ1) is 14.9. The zero-order valence-electron chi connectivity index (χ0n) is 12.1. The van der Waals surface area contributed by atoms with Gasteiger partial charge in [-0.25, -0.2) is 0 Å². The molecule has 1 aromatic carbocycles. The first-order valence-corrected chi connectivity index (χ1v) is 8.38. The van der Waals surface area contributed by atoms with E-state index in [1.165, 1.54) is 50.8 Å². The van der Waals surface area contributed by atoms with Gasteiger partial charge in [0.1, 0.15) is 0 Å². The molecule has 106 valence electrons. The smallest absolute Gasteiger partial charge is 0.00928 e. The van der Waals surface area contributed by atoms with Crippen LogP contribution in [0.5, 0.6) is 0 Å². The Morgan fingerprint density at radius 3 is 2.68 bits per heavy atom. The van der Waals surface area contributed by atoms with Crippen molar-refractivity contribution < 1.29 is 0 Å². The molecule has 1 saturated heterocycles. The molecule has 0 radical (unpaired) electrons. The van der Waals surface area contributed by atoms with Gasteiger partial charge in [0, 0.05) is 18.5 Å². The lowest BCUT2D eigenvalue weighted by molar-refractivity contribution is 0.186. The van der Waals surface area contributed by atoms with Crippen LogP contribution in [0, 0.1) is 0 Å². The minimum Gasteiger partial charge on any atom is -0.300 e. The molecule has 0 amide bonds. The Balaban J connectivity index is 2.03. The van der Waals surface area contributed by atoms with E-state index < -0.39 is 0 Å². The highest BCUT2D eigenvalue weighted by Crippen LogP contribution is 2.24. The van der Waals surface area contributed by atoms with E-state index in [2.05, 4.69) is 54.8 Å². The van der Waals surface area contributed by atoms with Crippen LogP contribution in [0.4, 0.5) is 0 Å². The predicted octanol–water partition coefficient (Wildman–Crippen LogP) is 4.35. The standard InChI is InChI=1S/C17H27NS/c1-2-17-11-7-4-8-12-18(17)13-16(14-19)15-9-5-3-6-10-15/h3,5-6,9-10,16-17,19H,2,4,7-8,11-14H2,1H3. The van der Waals surface area contributed by atoms with Crippen molar-refractivity contribution in [1.82, 2.24) is 4.90 Å². The van der Waals surface area contributed by atoms with Gasteiger partial charge in [-0.05, 0) is 37.1 Å². The van der Waals surface area contributed by atoms with Crippen molar-refractivity contribution in [2.75, 3.05) is 18.8 Å². The Kier molecular flexibility index (Phi) is 6.25. The van der Waals surface area contributed by atoms with E-state index >= 15 is 0 Å². The first-order valence-electron chi connectivity index (χ1n) is 7.75. The third-order valence-electron chi connectivity index (χ3n) is 4.42. The second-order valence-corrected chi connectivity index (χ2v) is 6.06. The maximum absolute atomic E-state index is 4.59. The van der Waals surface area contributed by atoms with E-state index in [1.54, 1.807) is 0 Å². The third kappa shape index (κ3) is 4.25. The van der Waals surface area contributed by atoms with Gasteiger partial charge >= 0.3 is 0 Å². The molecule has 1 aromatic rings. The van der Waals surface area contributed by atoms with Gasteiger partial charge in [0.25, 0.3) is 0 Å². The Hall–Kier alpha value is -0.470. The van der Waals surface area contributed by atoms with E-state index in [1.807, 2.05) is 0 Å². The molecule has 0 spiro atoms. The Morgan fingerprint density at radius 2 is 2.00 bits per heavy atom. The zero-order valence-corrected chi connectivity index (χ0v) is 13.0. The summed E-state index contributed by atoms with van der Waals surface area (Å²) >= 11 is 4.59. The molecule has 0 saturated carbocycles. The second-order valence-electron chi connectivity index (χ2n) is 5.70. The topological polar surface area (TPSA) is 3.24 Å². The maximum Gasteiger partial charge on any atom is 0.00928 e. The number of thiol groups is 1. The highest BCUT2D eigenvalue weighted by Gasteiger charge is 2.22. The molecule has 2 heteroatoms. The van der Waals surface area contributed by atoms with Crippen molar-refractivity contribution in [3.05, 3.63) is 35.9 Å². The predicted molar refractivity (Wildman–Crippen MR) is 87.2 cm³/mol. The van der Waals surface area contributed by atoms with Crippen molar-refractivity contribution >= 4 is 12.6 Å². The van der Waals surface area contributed by atoms with E-state index in [4.69, 9.17) is 0 Å². The first-order chi connectivity index (χ1) is 9.35. The van der Waals surface area contributed by atoms with Crippen LogP contribution < -0.4 is 0 Å². The van der Waals surface area contributed by atoms with Crippen molar-refractivity contribution in [2.24, 2.45) is 0 Å². The van der Waals surface area contributed by atoms with Gasteiger partial charge in [-0.15, -0.1) is 0 Å². The lowest BCUT2D eigenvalue weighted by atomic mass is 9.99. The SMILES string of the molecule is CCC1CCCCCN1CC(CS)c1ccccc1. The Labute approximate surface area is 123 Å². The summed E-state index contributed by atoms with van der Waals surface area (Å²) in [4.78, 5) is 2.72. The molecule has 1 heterocycles. The Morgan fingerprint density at radius 1 is 1.21 bits per heavy atom. The molecule has 0 aromatic heterocycles. The summed E-state index contributed by atoms with van der Waals surface area (Å²) in [5.41, 5.74) is 1.44. The molecule has 1 fully saturated rings. The molecular weight excluding hydrogens is 250 g/mol. The van der Waals surface area contributed by atoms with E-state index in [0.717, 1.165) is 11.8 Å². The fourth-order valence-electron chi connectivity index (χ4n) is 3.22. The zero-order chi connectivity index (χ0) is 13.5. The van der Waals surface area contributed by atoms with Gasteiger partial charge in [0.15, 0.2) is 0 Å². The molecule has 19 heavy (non-hydrogen) atoms. The van der Waals surface area contributed by atoms with Crippen LogP contribution in [0.15, 0.2) is 30.3 Å². The number of nitrogens with zero attached hydrogens (tertiary/aromatic N) is 1. The second kappa shape index (κ2) is 7.96. The normalized spacial score (nSPS) is 22.9. The molecule has 2 rings (SSSR count). The number of benzene rings is 1. The summed E-state index contributed by atoms with van der Waals surface area (Å²) in [7, 11) is 0. The van der Waals surface area contributed by atoms with Crippen LogP contribution in [0.25, 0.3) is 0 Å². The van der Waals surface area contributed by atoms with Gasteiger partial charge in [-0.1, -0.05) is 50.1 Å². The van der Waals surface area contributed by atoms with Crippen LogP contribution in [0.2, 0.25) is 0 Å². The average Bonchev–Trinajstić information content (AvgIpc) is 2.70. The fourth-order valence-corrected chi connectivity index (χ4v) is 3.54.